The Balaban J connectivity index is 0.00000408. The second-order valence-corrected chi connectivity index (χ2v) is 8.81. The van der Waals surface area contributed by atoms with Crippen LogP contribution in [0.3, 0.4) is 0 Å². The molecule has 10 heteroatoms. The van der Waals surface area contributed by atoms with E-state index >= 15 is 0 Å². The van der Waals surface area contributed by atoms with E-state index in [1.165, 1.54) is 6.92 Å². The van der Waals surface area contributed by atoms with Gasteiger partial charge in [-0.15, -0.1) is 12.4 Å². The van der Waals surface area contributed by atoms with E-state index in [0.29, 0.717) is 25.3 Å². The van der Waals surface area contributed by atoms with Crippen LogP contribution in [0.15, 0.2) is 42.5 Å². The van der Waals surface area contributed by atoms with E-state index in [1.54, 1.807) is 41.3 Å². The fourth-order valence-electron chi connectivity index (χ4n) is 4.13. The minimum Gasteiger partial charge on any atom is -0.478 e. The van der Waals surface area contributed by atoms with Crippen LogP contribution in [0.2, 0.25) is 0 Å². The van der Waals surface area contributed by atoms with Crippen LogP contribution in [0.5, 0.6) is 0 Å². The quantitative estimate of drug-likeness (QED) is 0.338. The zero-order chi connectivity index (χ0) is 23.8. The number of nitrogens with zero attached hydrogens (tertiary/aromatic N) is 1. The maximum Gasteiger partial charge on any atom is 0.350 e. The summed E-state index contributed by atoms with van der Waals surface area (Å²) in [6.07, 6.45) is 6.72. The number of rotatable bonds is 7. The molecule has 9 nitrogen and oxygen atoms in total. The number of carbonyl (C=O) groups is 4. The summed E-state index contributed by atoms with van der Waals surface area (Å²) in [5.74, 6) is -2.80. The van der Waals surface area contributed by atoms with E-state index in [9.17, 15) is 24.3 Å². The predicted molar refractivity (Wildman–Crippen MR) is 129 cm³/mol. The van der Waals surface area contributed by atoms with Gasteiger partial charge in [0.15, 0.2) is 0 Å². The molecule has 186 valence electrons. The van der Waals surface area contributed by atoms with E-state index in [0.717, 1.165) is 25.9 Å². The molecule has 2 saturated heterocycles. The average molecular weight is 493 g/mol. The summed E-state index contributed by atoms with van der Waals surface area (Å²) in [6, 6.07) is 8.19. The summed E-state index contributed by atoms with van der Waals surface area (Å²) in [4.78, 5) is 51.6. The van der Waals surface area contributed by atoms with Crippen molar-refractivity contribution in [3.05, 3.63) is 48.0 Å². The summed E-state index contributed by atoms with van der Waals surface area (Å²) < 4.78 is 0. The molecule has 0 aromatic heterocycles. The van der Waals surface area contributed by atoms with Gasteiger partial charge in [0.25, 0.3) is 5.91 Å². The molecule has 0 saturated carbocycles. The number of carboxylic acid groups (broad SMARTS) is 1. The Bertz CT molecular complexity index is 904. The summed E-state index contributed by atoms with van der Waals surface area (Å²) in [6.45, 7) is 3.89. The smallest absolute Gasteiger partial charge is 0.350 e. The number of hydrogen-bond acceptors (Lipinski definition) is 5. The molecule has 3 amide bonds. The Labute approximate surface area is 205 Å². The number of allylic oxidation sites excluding steroid dienone is 1. The molecule has 2 aliphatic heterocycles. The number of halogens is 1. The van der Waals surface area contributed by atoms with E-state index in [-0.39, 0.29) is 30.4 Å². The van der Waals surface area contributed by atoms with Crippen LogP contribution < -0.4 is 16.0 Å². The zero-order valence-electron chi connectivity index (χ0n) is 19.3. The Morgan fingerprint density at radius 3 is 2.41 bits per heavy atom. The molecule has 1 aromatic carbocycles. The number of hydrogen-bond donors (Lipinski definition) is 4. The Morgan fingerprint density at radius 2 is 1.76 bits per heavy atom. The molecule has 0 aliphatic carbocycles. The SMILES string of the molecule is C[C@](NC(=O)c1ccccc1)(NC(=O)[C@@H]1CCCN(C(=O)/C=C/C2CCNCC2)C1)C(=O)O.Cl. The average Bonchev–Trinajstić information content (AvgIpc) is 2.83. The van der Waals surface area contributed by atoms with Crippen LogP contribution in [0, 0.1) is 11.8 Å². The van der Waals surface area contributed by atoms with Gasteiger partial charge in [-0.2, -0.15) is 0 Å². The lowest BCUT2D eigenvalue weighted by molar-refractivity contribution is -0.149. The molecule has 34 heavy (non-hydrogen) atoms. The molecule has 2 fully saturated rings. The van der Waals surface area contributed by atoms with E-state index < -0.39 is 29.4 Å². The fourth-order valence-corrected chi connectivity index (χ4v) is 4.13. The maximum absolute atomic E-state index is 12.9. The molecule has 2 aliphatic rings. The first-order valence-electron chi connectivity index (χ1n) is 11.4. The number of benzene rings is 1. The van der Waals surface area contributed by atoms with Crippen molar-refractivity contribution in [2.24, 2.45) is 11.8 Å². The number of likely N-dealkylation sites (tertiary alicyclic amines) is 1. The lowest BCUT2D eigenvalue weighted by atomic mass is 9.95. The highest BCUT2D eigenvalue weighted by Crippen LogP contribution is 2.19. The molecule has 0 radical (unpaired) electrons. The van der Waals surface area contributed by atoms with Crippen molar-refractivity contribution < 1.29 is 24.3 Å². The highest BCUT2D eigenvalue weighted by molar-refractivity contribution is 5.99. The van der Waals surface area contributed by atoms with Gasteiger partial charge >= 0.3 is 5.97 Å². The summed E-state index contributed by atoms with van der Waals surface area (Å²) >= 11 is 0. The largest absolute Gasteiger partial charge is 0.478 e. The summed E-state index contributed by atoms with van der Waals surface area (Å²) in [5, 5.41) is 17.9. The highest BCUT2D eigenvalue weighted by atomic mass is 35.5. The van der Waals surface area contributed by atoms with Crippen LogP contribution in [0.25, 0.3) is 0 Å². The van der Waals surface area contributed by atoms with Crippen molar-refractivity contribution in [2.75, 3.05) is 26.2 Å². The topological polar surface area (TPSA) is 128 Å². The third-order valence-corrected chi connectivity index (χ3v) is 6.20. The zero-order valence-corrected chi connectivity index (χ0v) is 20.1. The van der Waals surface area contributed by atoms with Gasteiger partial charge in [-0.1, -0.05) is 24.3 Å². The minimum absolute atomic E-state index is 0. The highest BCUT2D eigenvalue weighted by Gasteiger charge is 2.39. The molecular formula is C24H33ClN4O5. The molecule has 0 bridgehead atoms. The van der Waals surface area contributed by atoms with Gasteiger partial charge in [0.05, 0.1) is 5.92 Å². The van der Waals surface area contributed by atoms with Crippen LogP contribution in [0.4, 0.5) is 0 Å². The van der Waals surface area contributed by atoms with Gasteiger partial charge in [-0.3, -0.25) is 14.4 Å². The normalized spacial score (nSPS) is 20.6. The number of aliphatic carboxylic acids is 1. The van der Waals surface area contributed by atoms with E-state index in [1.807, 2.05) is 6.08 Å². The third-order valence-electron chi connectivity index (χ3n) is 6.20. The molecule has 1 aromatic rings. The molecule has 4 N–H and O–H groups in total. The first kappa shape index (κ1) is 27.3. The van der Waals surface area contributed by atoms with Crippen molar-refractivity contribution >= 4 is 36.1 Å². The van der Waals surface area contributed by atoms with Gasteiger partial charge in [0.1, 0.15) is 0 Å². The van der Waals surface area contributed by atoms with Gasteiger partial charge < -0.3 is 26.0 Å². The van der Waals surface area contributed by atoms with Crippen LogP contribution in [-0.2, 0) is 14.4 Å². The van der Waals surface area contributed by atoms with Crippen molar-refractivity contribution in [1.82, 2.24) is 20.9 Å². The fraction of sp³-hybridized carbons (Fsp3) is 0.500. The lowest BCUT2D eigenvalue weighted by Crippen LogP contribution is -2.65. The number of amides is 3. The van der Waals surface area contributed by atoms with Gasteiger partial charge in [-0.05, 0) is 69.8 Å². The predicted octanol–water partition coefficient (Wildman–Crippen LogP) is 1.55. The van der Waals surface area contributed by atoms with Crippen molar-refractivity contribution in [3.8, 4) is 0 Å². The molecule has 0 spiro atoms. The molecule has 2 atom stereocenters. The van der Waals surface area contributed by atoms with E-state index in [2.05, 4.69) is 16.0 Å². The standard InChI is InChI=1S/C24H32N4O5.ClH/c1-24(23(32)33,26-21(30)18-6-3-2-4-7-18)27-22(31)19-8-5-15-28(16-19)20(29)10-9-17-11-13-25-14-12-17;/h2-4,6-7,9-10,17,19,25H,5,8,11-16H2,1H3,(H,26,30)(H,27,31)(H,32,33);1H/b10-9+;/t19-,24+;/m1./s1. The number of carboxylic acids is 1. The molecule has 3 rings (SSSR count). The van der Waals surface area contributed by atoms with Crippen molar-refractivity contribution in [2.45, 2.75) is 38.3 Å². The second-order valence-electron chi connectivity index (χ2n) is 8.81. The van der Waals surface area contributed by atoms with E-state index in [4.69, 9.17) is 0 Å². The van der Waals surface area contributed by atoms with Crippen molar-refractivity contribution in [1.29, 1.82) is 0 Å². The van der Waals surface area contributed by atoms with Crippen LogP contribution in [0.1, 0.15) is 43.0 Å². The Kier molecular flexibility index (Phi) is 10.1. The molecule has 2 heterocycles. The molecular weight excluding hydrogens is 460 g/mol. The number of carbonyl (C=O) groups excluding carboxylic acids is 3. The van der Waals surface area contributed by atoms with Gasteiger partial charge in [-0.25, -0.2) is 4.79 Å². The Morgan fingerprint density at radius 1 is 1.09 bits per heavy atom. The van der Waals surface area contributed by atoms with Crippen molar-refractivity contribution in [3.63, 3.8) is 0 Å². The van der Waals surface area contributed by atoms with Gasteiger partial charge in [0.2, 0.25) is 17.5 Å². The monoisotopic (exact) mass is 492 g/mol. The van der Waals surface area contributed by atoms with Crippen LogP contribution >= 0.6 is 12.4 Å². The lowest BCUT2D eigenvalue weighted by Gasteiger charge is -2.34. The second kappa shape index (κ2) is 12.5. The molecule has 0 unspecified atom stereocenters. The number of nitrogens with one attached hydrogen (secondary N) is 3. The summed E-state index contributed by atoms with van der Waals surface area (Å²) in [7, 11) is 0. The minimum atomic E-state index is -1.98. The maximum atomic E-state index is 12.9. The Hall–Kier alpha value is -2.91. The van der Waals surface area contributed by atoms with Gasteiger partial charge in [0, 0.05) is 18.7 Å². The summed E-state index contributed by atoms with van der Waals surface area (Å²) in [5.41, 5.74) is -1.69. The third kappa shape index (κ3) is 7.30. The first-order chi connectivity index (χ1) is 15.8. The van der Waals surface area contributed by atoms with Crippen LogP contribution in [-0.4, -0.2) is 65.5 Å². The number of piperidine rings is 2. The first-order valence-corrected chi connectivity index (χ1v) is 11.4.